The third-order valence-corrected chi connectivity index (χ3v) is 4.99. The monoisotopic (exact) mass is 377 g/mol. The van der Waals surface area contributed by atoms with Crippen LogP contribution in [0.2, 0.25) is 0 Å². The molecule has 1 amide bonds. The maximum absolute atomic E-state index is 12.4. The minimum absolute atomic E-state index is 0. The third kappa shape index (κ3) is 15.0. The number of nitrogens with zero attached hydrogens (tertiary/aromatic N) is 1. The quantitative estimate of drug-likeness (QED) is 0.284. The van der Waals surface area contributed by atoms with Crippen LogP contribution in [0.3, 0.4) is 0 Å². The molecule has 0 bridgehead atoms. The Morgan fingerprint density at radius 1 is 0.769 bits per heavy atom. The van der Waals surface area contributed by atoms with E-state index < -0.39 is 11.9 Å². The number of rotatable bonds is 17. The molecule has 1 atom stereocenters. The molecule has 0 saturated carbocycles. The molecule has 0 aliphatic heterocycles. The second kappa shape index (κ2) is 19.7. The van der Waals surface area contributed by atoms with Crippen molar-refractivity contribution < 1.29 is 44.3 Å². The summed E-state index contributed by atoms with van der Waals surface area (Å²) in [6, 6.07) is 0. The van der Waals surface area contributed by atoms with Crippen molar-refractivity contribution in [2.45, 2.75) is 104 Å². The fourth-order valence-electron chi connectivity index (χ4n) is 3.36. The van der Waals surface area contributed by atoms with Crippen LogP contribution in [-0.4, -0.2) is 29.9 Å². The Morgan fingerprint density at radius 3 is 1.58 bits per heavy atom. The molecule has 0 aliphatic carbocycles. The molecular formula is C21H40NNaO3. The molecule has 0 spiro atoms. The number of hydrogen-bond donors (Lipinski definition) is 0. The van der Waals surface area contributed by atoms with Crippen LogP contribution >= 0.6 is 0 Å². The molecule has 0 aromatic rings. The van der Waals surface area contributed by atoms with Gasteiger partial charge in [-0.3, -0.25) is 4.79 Å². The second-order valence-electron chi connectivity index (χ2n) is 7.11. The minimum atomic E-state index is -1.12. The van der Waals surface area contributed by atoms with E-state index in [0.717, 1.165) is 12.8 Å². The van der Waals surface area contributed by atoms with Crippen LogP contribution < -0.4 is 34.7 Å². The molecule has 0 radical (unpaired) electrons. The molecule has 0 N–H and O–H groups in total. The minimum Gasteiger partial charge on any atom is -0.550 e. The van der Waals surface area contributed by atoms with Crippen molar-refractivity contribution in [1.29, 1.82) is 0 Å². The molecule has 0 heterocycles. The predicted octanol–water partition coefficient (Wildman–Crippen LogP) is 1.32. The van der Waals surface area contributed by atoms with Gasteiger partial charge in [-0.1, -0.05) is 77.6 Å². The summed E-state index contributed by atoms with van der Waals surface area (Å²) in [5.74, 6) is -1.56. The predicted molar refractivity (Wildman–Crippen MR) is 102 cm³/mol. The maximum atomic E-state index is 12.4. The molecule has 1 unspecified atom stereocenters. The van der Waals surface area contributed by atoms with Gasteiger partial charge in [-0.15, -0.1) is 0 Å². The molecule has 148 valence electrons. The normalized spacial score (nSPS) is 11.7. The van der Waals surface area contributed by atoms with Crippen LogP contribution in [-0.2, 0) is 9.59 Å². The summed E-state index contributed by atoms with van der Waals surface area (Å²) in [5.41, 5.74) is 0. The first-order valence-electron chi connectivity index (χ1n) is 10.5. The molecule has 0 aromatic heterocycles. The summed E-state index contributed by atoms with van der Waals surface area (Å²) in [7, 11) is 0. The number of carboxylic acid groups (broad SMARTS) is 1. The van der Waals surface area contributed by atoms with Crippen molar-refractivity contribution in [3.05, 3.63) is 0 Å². The molecule has 0 fully saturated rings. The van der Waals surface area contributed by atoms with Gasteiger partial charge >= 0.3 is 29.6 Å². The van der Waals surface area contributed by atoms with Gasteiger partial charge in [0.2, 0.25) is 5.91 Å². The van der Waals surface area contributed by atoms with E-state index in [2.05, 4.69) is 6.92 Å². The van der Waals surface area contributed by atoms with Gasteiger partial charge in [0.1, 0.15) is 0 Å². The number of amides is 1. The van der Waals surface area contributed by atoms with Crippen molar-refractivity contribution >= 4 is 11.9 Å². The first-order valence-corrected chi connectivity index (χ1v) is 10.5. The van der Waals surface area contributed by atoms with Gasteiger partial charge in [0.25, 0.3) is 0 Å². The van der Waals surface area contributed by atoms with Gasteiger partial charge in [0.05, 0.1) is 0 Å². The SMILES string of the molecule is CCCCCCCCCCCCCC(CC(=O)[O-])C(=O)N(CC)CC.[Na+]. The smallest absolute Gasteiger partial charge is 0.550 e. The zero-order valence-electron chi connectivity index (χ0n) is 17.9. The number of carbonyl (C=O) groups is 2. The average Bonchev–Trinajstić information content (AvgIpc) is 2.59. The Labute approximate surface area is 183 Å². The van der Waals surface area contributed by atoms with Crippen molar-refractivity contribution in [2.75, 3.05) is 13.1 Å². The van der Waals surface area contributed by atoms with E-state index in [1.165, 1.54) is 57.8 Å². The Hall–Kier alpha value is -0.0600. The fourth-order valence-corrected chi connectivity index (χ4v) is 3.36. The van der Waals surface area contributed by atoms with Crippen LogP contribution in [0, 0.1) is 5.92 Å². The van der Waals surface area contributed by atoms with Crippen molar-refractivity contribution in [1.82, 2.24) is 4.90 Å². The number of aliphatic carboxylic acids is 1. The van der Waals surface area contributed by atoms with Gasteiger partial charge in [-0.05, 0) is 26.7 Å². The first kappa shape index (κ1) is 28.2. The van der Waals surface area contributed by atoms with E-state index in [4.69, 9.17) is 0 Å². The van der Waals surface area contributed by atoms with Gasteiger partial charge in [0, 0.05) is 25.0 Å². The van der Waals surface area contributed by atoms with Crippen LogP contribution in [0.25, 0.3) is 0 Å². The summed E-state index contributed by atoms with van der Waals surface area (Å²) in [6.45, 7) is 7.38. The average molecular weight is 378 g/mol. The second-order valence-corrected chi connectivity index (χ2v) is 7.11. The van der Waals surface area contributed by atoms with Crippen molar-refractivity contribution in [3.63, 3.8) is 0 Å². The van der Waals surface area contributed by atoms with E-state index >= 15 is 0 Å². The van der Waals surface area contributed by atoms with E-state index in [0.29, 0.717) is 19.5 Å². The van der Waals surface area contributed by atoms with Gasteiger partial charge in [-0.2, -0.15) is 0 Å². The maximum Gasteiger partial charge on any atom is 1.00 e. The van der Waals surface area contributed by atoms with Crippen molar-refractivity contribution in [2.24, 2.45) is 5.92 Å². The van der Waals surface area contributed by atoms with E-state index in [-0.39, 0.29) is 41.9 Å². The molecule has 26 heavy (non-hydrogen) atoms. The molecule has 5 heteroatoms. The number of carboxylic acids is 1. The largest absolute Gasteiger partial charge is 1.00 e. The molecule has 4 nitrogen and oxygen atoms in total. The Bertz CT molecular complexity index is 346. The van der Waals surface area contributed by atoms with Crippen LogP contribution in [0.5, 0.6) is 0 Å². The summed E-state index contributed by atoms with van der Waals surface area (Å²) < 4.78 is 0. The van der Waals surface area contributed by atoms with Crippen LogP contribution in [0.1, 0.15) is 104 Å². The fraction of sp³-hybridized carbons (Fsp3) is 0.905. The van der Waals surface area contributed by atoms with Gasteiger partial charge in [-0.25, -0.2) is 0 Å². The third-order valence-electron chi connectivity index (χ3n) is 4.99. The zero-order chi connectivity index (χ0) is 18.9. The standard InChI is InChI=1S/C21H41NO3.Na/c1-4-7-8-9-10-11-12-13-14-15-16-17-19(18-20(23)24)21(25)22(5-2)6-3;/h19H,4-18H2,1-3H3,(H,23,24);/q;+1/p-1. The van der Waals surface area contributed by atoms with Crippen LogP contribution in [0.4, 0.5) is 0 Å². The van der Waals surface area contributed by atoms with E-state index in [9.17, 15) is 14.7 Å². The summed E-state index contributed by atoms with van der Waals surface area (Å²) >= 11 is 0. The number of unbranched alkanes of at least 4 members (excludes halogenated alkanes) is 10. The van der Waals surface area contributed by atoms with E-state index in [1.807, 2.05) is 13.8 Å². The number of hydrogen-bond acceptors (Lipinski definition) is 3. The van der Waals surface area contributed by atoms with Crippen LogP contribution in [0.15, 0.2) is 0 Å². The van der Waals surface area contributed by atoms with Gasteiger partial charge < -0.3 is 14.8 Å². The molecular weight excluding hydrogens is 337 g/mol. The zero-order valence-corrected chi connectivity index (χ0v) is 19.9. The summed E-state index contributed by atoms with van der Waals surface area (Å²) in [5, 5.41) is 10.9. The van der Waals surface area contributed by atoms with E-state index in [1.54, 1.807) is 4.90 Å². The first-order chi connectivity index (χ1) is 12.1. The number of carbonyl (C=O) groups excluding carboxylic acids is 2. The Kier molecular flexibility index (Phi) is 21.3. The van der Waals surface area contributed by atoms with Crippen molar-refractivity contribution in [3.8, 4) is 0 Å². The molecule has 0 aromatic carbocycles. The molecule has 0 aliphatic rings. The topological polar surface area (TPSA) is 60.4 Å². The summed E-state index contributed by atoms with van der Waals surface area (Å²) in [4.78, 5) is 25.1. The Morgan fingerprint density at radius 2 is 1.19 bits per heavy atom. The summed E-state index contributed by atoms with van der Waals surface area (Å²) in [6.07, 6.45) is 14.4. The molecule has 0 saturated heterocycles. The Balaban J connectivity index is 0. The molecule has 0 rings (SSSR count). The van der Waals surface area contributed by atoms with Gasteiger partial charge in [0.15, 0.2) is 0 Å².